The van der Waals surface area contributed by atoms with Gasteiger partial charge in [-0.25, -0.2) is 4.79 Å². The van der Waals surface area contributed by atoms with E-state index in [4.69, 9.17) is 19.3 Å². The summed E-state index contributed by atoms with van der Waals surface area (Å²) in [5.74, 6) is -0.420. The molecular weight excluding hydrogens is 212 g/mol. The second-order valence-corrected chi connectivity index (χ2v) is 2.98. The van der Waals surface area contributed by atoms with Gasteiger partial charge in [-0.15, -0.1) is 0 Å². The van der Waals surface area contributed by atoms with Crippen LogP contribution in [0, 0.1) is 0 Å². The third-order valence-electron chi connectivity index (χ3n) is 1.96. The van der Waals surface area contributed by atoms with Gasteiger partial charge >= 0.3 is 5.97 Å². The van der Waals surface area contributed by atoms with Crippen molar-refractivity contribution >= 4 is 5.97 Å². The van der Waals surface area contributed by atoms with Gasteiger partial charge in [0.25, 0.3) is 0 Å². The van der Waals surface area contributed by atoms with Crippen LogP contribution in [0.5, 0.6) is 11.5 Å². The molecule has 1 rings (SSSR count). The SMILES string of the molecule is COCCOc1c(OC)cccc1C(=O)O. The molecule has 1 aromatic carbocycles. The molecule has 0 aliphatic rings. The molecule has 0 aliphatic heterocycles. The second kappa shape index (κ2) is 5.97. The Morgan fingerprint density at radius 1 is 1.31 bits per heavy atom. The van der Waals surface area contributed by atoms with E-state index in [0.29, 0.717) is 12.4 Å². The van der Waals surface area contributed by atoms with E-state index in [9.17, 15) is 4.79 Å². The first kappa shape index (κ1) is 12.3. The van der Waals surface area contributed by atoms with Crippen molar-refractivity contribution in [2.75, 3.05) is 27.4 Å². The normalized spacial score (nSPS) is 9.88. The fraction of sp³-hybridized carbons (Fsp3) is 0.364. The van der Waals surface area contributed by atoms with Crippen molar-refractivity contribution in [2.24, 2.45) is 0 Å². The monoisotopic (exact) mass is 226 g/mol. The number of rotatable bonds is 6. The summed E-state index contributed by atoms with van der Waals surface area (Å²) in [5.41, 5.74) is 0.0791. The Kier molecular flexibility index (Phi) is 4.60. The van der Waals surface area contributed by atoms with Gasteiger partial charge in [-0.05, 0) is 12.1 Å². The minimum atomic E-state index is -1.05. The number of benzene rings is 1. The number of methoxy groups -OCH3 is 2. The molecule has 0 unspecified atom stereocenters. The van der Waals surface area contributed by atoms with Gasteiger partial charge in [0.2, 0.25) is 0 Å². The number of carboxylic acids is 1. The van der Waals surface area contributed by atoms with E-state index >= 15 is 0 Å². The first-order valence-electron chi connectivity index (χ1n) is 4.72. The number of hydrogen-bond acceptors (Lipinski definition) is 4. The molecule has 88 valence electrons. The molecule has 0 heterocycles. The summed E-state index contributed by atoms with van der Waals surface area (Å²) >= 11 is 0. The number of ether oxygens (including phenoxy) is 3. The molecule has 0 amide bonds. The molecule has 16 heavy (non-hydrogen) atoms. The third-order valence-corrected chi connectivity index (χ3v) is 1.96. The van der Waals surface area contributed by atoms with Crippen LogP contribution < -0.4 is 9.47 Å². The topological polar surface area (TPSA) is 65.0 Å². The summed E-state index contributed by atoms with van der Waals surface area (Å²) in [5, 5.41) is 8.98. The zero-order chi connectivity index (χ0) is 12.0. The van der Waals surface area contributed by atoms with Gasteiger partial charge in [0.15, 0.2) is 11.5 Å². The van der Waals surface area contributed by atoms with Gasteiger partial charge in [0.1, 0.15) is 12.2 Å². The third kappa shape index (κ3) is 2.87. The van der Waals surface area contributed by atoms with Crippen molar-refractivity contribution in [3.05, 3.63) is 23.8 Å². The quantitative estimate of drug-likeness (QED) is 0.743. The van der Waals surface area contributed by atoms with E-state index in [1.807, 2.05) is 0 Å². The minimum absolute atomic E-state index is 0.0791. The molecule has 0 aromatic heterocycles. The number of para-hydroxylation sites is 1. The summed E-state index contributed by atoms with van der Waals surface area (Å²) in [4.78, 5) is 11.0. The number of aromatic carboxylic acids is 1. The van der Waals surface area contributed by atoms with Gasteiger partial charge in [-0.3, -0.25) is 0 Å². The predicted octanol–water partition coefficient (Wildman–Crippen LogP) is 1.42. The highest BCUT2D eigenvalue weighted by atomic mass is 16.5. The van der Waals surface area contributed by atoms with E-state index in [2.05, 4.69) is 0 Å². The maximum absolute atomic E-state index is 11.0. The lowest BCUT2D eigenvalue weighted by molar-refractivity contribution is 0.0688. The van der Waals surface area contributed by atoms with E-state index in [-0.39, 0.29) is 17.9 Å². The van der Waals surface area contributed by atoms with Crippen molar-refractivity contribution in [1.82, 2.24) is 0 Å². The second-order valence-electron chi connectivity index (χ2n) is 2.98. The zero-order valence-electron chi connectivity index (χ0n) is 9.23. The van der Waals surface area contributed by atoms with E-state index in [1.165, 1.54) is 13.2 Å². The molecular formula is C11H14O5. The first-order chi connectivity index (χ1) is 7.70. The van der Waals surface area contributed by atoms with Crippen LogP contribution in [0.4, 0.5) is 0 Å². The van der Waals surface area contributed by atoms with Crippen LogP contribution in [-0.4, -0.2) is 38.5 Å². The number of carbonyl (C=O) groups is 1. The molecule has 0 atom stereocenters. The average molecular weight is 226 g/mol. The number of hydrogen-bond donors (Lipinski definition) is 1. The lowest BCUT2D eigenvalue weighted by Gasteiger charge is -2.12. The zero-order valence-corrected chi connectivity index (χ0v) is 9.23. The molecule has 0 aliphatic carbocycles. The highest BCUT2D eigenvalue weighted by molar-refractivity contribution is 5.92. The van der Waals surface area contributed by atoms with Crippen LogP contribution in [0.2, 0.25) is 0 Å². The maximum Gasteiger partial charge on any atom is 0.339 e. The molecule has 0 saturated carbocycles. The summed E-state index contributed by atoms with van der Waals surface area (Å²) in [6, 6.07) is 4.72. The first-order valence-corrected chi connectivity index (χ1v) is 4.72. The van der Waals surface area contributed by atoms with Gasteiger partial charge < -0.3 is 19.3 Å². The van der Waals surface area contributed by atoms with Crippen molar-refractivity contribution in [2.45, 2.75) is 0 Å². The predicted molar refractivity (Wildman–Crippen MR) is 57.3 cm³/mol. The lowest BCUT2D eigenvalue weighted by Crippen LogP contribution is -2.09. The molecule has 0 bridgehead atoms. The molecule has 0 saturated heterocycles. The summed E-state index contributed by atoms with van der Waals surface area (Å²) in [6.07, 6.45) is 0. The highest BCUT2D eigenvalue weighted by Crippen LogP contribution is 2.30. The Balaban J connectivity index is 2.95. The van der Waals surface area contributed by atoms with Crippen LogP contribution in [0.25, 0.3) is 0 Å². The van der Waals surface area contributed by atoms with Crippen molar-refractivity contribution in [1.29, 1.82) is 0 Å². The fourth-order valence-electron chi connectivity index (χ4n) is 1.22. The van der Waals surface area contributed by atoms with Crippen LogP contribution >= 0.6 is 0 Å². The Labute approximate surface area is 93.6 Å². The maximum atomic E-state index is 11.0. The summed E-state index contributed by atoms with van der Waals surface area (Å²) in [7, 11) is 3.01. The van der Waals surface area contributed by atoms with E-state index < -0.39 is 5.97 Å². The van der Waals surface area contributed by atoms with E-state index in [0.717, 1.165) is 0 Å². The highest BCUT2D eigenvalue weighted by Gasteiger charge is 2.15. The molecule has 0 radical (unpaired) electrons. The van der Waals surface area contributed by atoms with Gasteiger partial charge in [0, 0.05) is 7.11 Å². The molecule has 1 aromatic rings. The van der Waals surface area contributed by atoms with Crippen molar-refractivity contribution in [3.8, 4) is 11.5 Å². The Bertz CT molecular complexity index is 361. The van der Waals surface area contributed by atoms with Crippen LogP contribution in [0.3, 0.4) is 0 Å². The van der Waals surface area contributed by atoms with Gasteiger partial charge in [0.05, 0.1) is 13.7 Å². The summed E-state index contributed by atoms with van der Waals surface area (Å²) < 4.78 is 15.2. The molecule has 0 fully saturated rings. The Morgan fingerprint density at radius 3 is 2.62 bits per heavy atom. The van der Waals surface area contributed by atoms with Crippen LogP contribution in [-0.2, 0) is 4.74 Å². The van der Waals surface area contributed by atoms with Crippen molar-refractivity contribution < 1.29 is 24.1 Å². The molecule has 5 nitrogen and oxygen atoms in total. The van der Waals surface area contributed by atoms with Crippen LogP contribution in [0.1, 0.15) is 10.4 Å². The lowest BCUT2D eigenvalue weighted by atomic mass is 10.2. The van der Waals surface area contributed by atoms with E-state index in [1.54, 1.807) is 19.2 Å². The fourth-order valence-corrected chi connectivity index (χ4v) is 1.22. The van der Waals surface area contributed by atoms with Crippen molar-refractivity contribution in [3.63, 3.8) is 0 Å². The Morgan fingerprint density at radius 2 is 2.06 bits per heavy atom. The molecule has 1 N–H and O–H groups in total. The molecule has 0 spiro atoms. The Hall–Kier alpha value is -1.75. The smallest absolute Gasteiger partial charge is 0.339 e. The number of carboxylic acid groups (broad SMARTS) is 1. The largest absolute Gasteiger partial charge is 0.493 e. The average Bonchev–Trinajstić information content (AvgIpc) is 2.29. The summed E-state index contributed by atoms with van der Waals surface area (Å²) in [6.45, 7) is 0.661. The molecule has 5 heteroatoms. The minimum Gasteiger partial charge on any atom is -0.493 e. The van der Waals surface area contributed by atoms with Gasteiger partial charge in [-0.1, -0.05) is 6.07 Å². The standard InChI is InChI=1S/C11H14O5/c1-14-6-7-16-10-8(11(12)13)4-3-5-9(10)15-2/h3-5H,6-7H2,1-2H3,(H,12,13). The van der Waals surface area contributed by atoms with Gasteiger partial charge in [-0.2, -0.15) is 0 Å². The van der Waals surface area contributed by atoms with Crippen LogP contribution in [0.15, 0.2) is 18.2 Å².